The molecule has 0 aliphatic carbocycles. The second-order valence-electron chi connectivity index (χ2n) is 7.48. The lowest BCUT2D eigenvalue weighted by atomic mass is 10.0. The lowest BCUT2D eigenvalue weighted by molar-refractivity contribution is -0.123. The molecule has 1 atom stereocenters. The Morgan fingerprint density at radius 2 is 1.93 bits per heavy atom. The molecule has 5 rings (SSSR count). The molecule has 0 spiro atoms. The normalized spacial score (nSPS) is 19.8. The van der Waals surface area contributed by atoms with Crippen LogP contribution in [0, 0.1) is 0 Å². The van der Waals surface area contributed by atoms with Crippen LogP contribution < -0.4 is 9.64 Å². The number of hydrogen-bond acceptors (Lipinski definition) is 4. The van der Waals surface area contributed by atoms with E-state index in [1.165, 1.54) is 10.5 Å². The molecular weight excluding hydrogens is 390 g/mol. The van der Waals surface area contributed by atoms with E-state index in [9.17, 15) is 9.59 Å². The summed E-state index contributed by atoms with van der Waals surface area (Å²) in [6.45, 7) is 1.34. The van der Waals surface area contributed by atoms with Crippen LogP contribution in [0.25, 0.3) is 10.9 Å². The van der Waals surface area contributed by atoms with Crippen LogP contribution in [-0.4, -0.2) is 41.4 Å². The third kappa shape index (κ3) is 2.99. The fraction of sp³-hybridized carbons (Fsp3) is 0.273. The number of fused-ring (bicyclic) bond motifs is 3. The predicted molar refractivity (Wildman–Crippen MR) is 111 cm³/mol. The van der Waals surface area contributed by atoms with Gasteiger partial charge in [-0.25, -0.2) is 4.90 Å². The van der Waals surface area contributed by atoms with Gasteiger partial charge in [-0.2, -0.15) is 0 Å². The predicted octanol–water partition coefficient (Wildman–Crippen LogP) is 3.52. The molecule has 2 aromatic carbocycles. The number of aromatic nitrogens is 1. The molecule has 2 aliphatic rings. The van der Waals surface area contributed by atoms with Gasteiger partial charge in [0.25, 0.3) is 5.91 Å². The van der Waals surface area contributed by atoms with E-state index >= 15 is 0 Å². The number of nitrogens with one attached hydrogen (secondary N) is 1. The van der Waals surface area contributed by atoms with E-state index < -0.39 is 6.04 Å². The van der Waals surface area contributed by atoms with Crippen molar-refractivity contribution in [2.75, 3.05) is 18.6 Å². The van der Waals surface area contributed by atoms with Crippen molar-refractivity contribution in [3.63, 3.8) is 0 Å². The second-order valence-corrected chi connectivity index (χ2v) is 7.91. The van der Waals surface area contributed by atoms with Crippen molar-refractivity contribution in [1.82, 2.24) is 9.88 Å². The number of carbonyl (C=O) groups is 2. The summed E-state index contributed by atoms with van der Waals surface area (Å²) in [6, 6.07) is 12.4. The minimum atomic E-state index is -0.437. The van der Waals surface area contributed by atoms with Gasteiger partial charge < -0.3 is 9.72 Å². The van der Waals surface area contributed by atoms with Crippen LogP contribution in [0.1, 0.15) is 17.7 Å². The molecule has 1 saturated heterocycles. The van der Waals surface area contributed by atoms with Crippen LogP contribution in [0.2, 0.25) is 5.02 Å². The number of halogens is 1. The van der Waals surface area contributed by atoms with Gasteiger partial charge in [0.05, 0.1) is 25.3 Å². The summed E-state index contributed by atoms with van der Waals surface area (Å²) in [4.78, 5) is 32.6. The SMILES string of the molecule is COc1ccc(N2C(=O)C[C@@H](N3CCc4c([nH]c5ccc(Cl)cc45)C3)C2=O)cc1. The number of rotatable bonds is 3. The molecule has 29 heavy (non-hydrogen) atoms. The summed E-state index contributed by atoms with van der Waals surface area (Å²) in [6.07, 6.45) is 1.02. The molecule has 1 aromatic heterocycles. The lowest BCUT2D eigenvalue weighted by Crippen LogP contribution is -2.44. The van der Waals surface area contributed by atoms with Crippen molar-refractivity contribution in [2.24, 2.45) is 0 Å². The highest BCUT2D eigenvalue weighted by Crippen LogP contribution is 2.33. The number of ether oxygens (including phenoxy) is 1. The maximum Gasteiger partial charge on any atom is 0.251 e. The third-order valence-corrected chi connectivity index (χ3v) is 6.10. The van der Waals surface area contributed by atoms with Gasteiger partial charge in [0.15, 0.2) is 0 Å². The van der Waals surface area contributed by atoms with Gasteiger partial charge in [-0.15, -0.1) is 0 Å². The molecule has 1 N–H and O–H groups in total. The van der Waals surface area contributed by atoms with E-state index in [1.54, 1.807) is 31.4 Å². The van der Waals surface area contributed by atoms with E-state index in [0.717, 1.165) is 29.6 Å². The standard InChI is InChI=1S/C22H20ClN3O3/c1-29-15-5-3-14(4-6-15)26-21(27)11-20(22(26)28)25-9-8-16-17-10-13(23)2-7-18(17)24-19(16)12-25/h2-7,10,20,24H,8-9,11-12H2,1H3/t20-/m1/s1. The number of H-pyrrole nitrogens is 1. The number of anilines is 1. The lowest BCUT2D eigenvalue weighted by Gasteiger charge is -2.30. The first-order valence-corrected chi connectivity index (χ1v) is 9.97. The quantitative estimate of drug-likeness (QED) is 0.672. The number of imide groups is 1. The van der Waals surface area contributed by atoms with E-state index in [1.807, 2.05) is 18.2 Å². The maximum atomic E-state index is 13.1. The van der Waals surface area contributed by atoms with E-state index in [0.29, 0.717) is 23.0 Å². The van der Waals surface area contributed by atoms with Crippen LogP contribution in [0.3, 0.4) is 0 Å². The smallest absolute Gasteiger partial charge is 0.251 e. The van der Waals surface area contributed by atoms with Gasteiger partial charge in [0.2, 0.25) is 5.91 Å². The minimum absolute atomic E-state index is 0.164. The molecule has 0 saturated carbocycles. The Hall–Kier alpha value is -2.83. The number of amides is 2. The number of methoxy groups -OCH3 is 1. The summed E-state index contributed by atoms with van der Waals surface area (Å²) in [5.74, 6) is 0.356. The van der Waals surface area contributed by atoms with Gasteiger partial charge in [0.1, 0.15) is 5.75 Å². The molecule has 0 unspecified atom stereocenters. The number of nitrogens with zero attached hydrogens (tertiary/aromatic N) is 2. The van der Waals surface area contributed by atoms with Crippen LogP contribution >= 0.6 is 11.6 Å². The monoisotopic (exact) mass is 409 g/mol. The zero-order chi connectivity index (χ0) is 20.1. The van der Waals surface area contributed by atoms with E-state index in [4.69, 9.17) is 16.3 Å². The summed E-state index contributed by atoms with van der Waals surface area (Å²) >= 11 is 6.16. The van der Waals surface area contributed by atoms with E-state index in [-0.39, 0.29) is 18.2 Å². The molecular formula is C22H20ClN3O3. The Labute approximate surface area is 173 Å². The van der Waals surface area contributed by atoms with Gasteiger partial charge in [0, 0.05) is 34.7 Å². The van der Waals surface area contributed by atoms with E-state index in [2.05, 4.69) is 9.88 Å². The van der Waals surface area contributed by atoms with Crippen molar-refractivity contribution in [2.45, 2.75) is 25.4 Å². The molecule has 3 heterocycles. The van der Waals surface area contributed by atoms with Gasteiger partial charge in [-0.3, -0.25) is 14.5 Å². The topological polar surface area (TPSA) is 65.6 Å². The Kier molecular flexibility index (Phi) is 4.33. The summed E-state index contributed by atoms with van der Waals surface area (Å²) in [7, 11) is 1.58. The van der Waals surface area contributed by atoms with Crippen molar-refractivity contribution < 1.29 is 14.3 Å². The number of hydrogen-bond donors (Lipinski definition) is 1. The highest BCUT2D eigenvalue weighted by Gasteiger charge is 2.43. The zero-order valence-corrected chi connectivity index (χ0v) is 16.7. The zero-order valence-electron chi connectivity index (χ0n) is 15.9. The molecule has 2 amide bonds. The largest absolute Gasteiger partial charge is 0.497 e. The molecule has 148 valence electrons. The van der Waals surface area contributed by atoms with Gasteiger partial charge >= 0.3 is 0 Å². The van der Waals surface area contributed by atoms with Gasteiger partial charge in [-0.05, 0) is 54.4 Å². The molecule has 0 radical (unpaired) electrons. The fourth-order valence-electron chi connectivity index (χ4n) is 4.40. The third-order valence-electron chi connectivity index (χ3n) is 5.86. The molecule has 0 bridgehead atoms. The molecule has 2 aliphatic heterocycles. The fourth-order valence-corrected chi connectivity index (χ4v) is 4.58. The molecule has 7 heteroatoms. The summed E-state index contributed by atoms with van der Waals surface area (Å²) in [5.41, 5.74) is 3.98. The Balaban J connectivity index is 1.40. The van der Waals surface area contributed by atoms with Gasteiger partial charge in [-0.1, -0.05) is 11.6 Å². The van der Waals surface area contributed by atoms with Crippen molar-refractivity contribution >= 4 is 40.0 Å². The summed E-state index contributed by atoms with van der Waals surface area (Å²) < 4.78 is 5.16. The Morgan fingerprint density at radius 1 is 1.14 bits per heavy atom. The minimum Gasteiger partial charge on any atom is -0.497 e. The average molecular weight is 410 g/mol. The maximum absolute atomic E-state index is 13.1. The second kappa shape index (κ2) is 6.90. The van der Waals surface area contributed by atoms with Crippen molar-refractivity contribution in [3.8, 4) is 5.75 Å². The highest BCUT2D eigenvalue weighted by molar-refractivity contribution is 6.31. The van der Waals surface area contributed by atoms with Crippen LogP contribution in [0.4, 0.5) is 5.69 Å². The molecule has 6 nitrogen and oxygen atoms in total. The number of carbonyl (C=O) groups excluding carboxylic acids is 2. The first kappa shape index (κ1) is 18.2. The van der Waals surface area contributed by atoms with Crippen LogP contribution in [0.15, 0.2) is 42.5 Å². The first-order chi connectivity index (χ1) is 14.0. The number of benzene rings is 2. The Morgan fingerprint density at radius 3 is 2.69 bits per heavy atom. The molecule has 1 fully saturated rings. The van der Waals surface area contributed by atoms with Crippen molar-refractivity contribution in [1.29, 1.82) is 0 Å². The first-order valence-electron chi connectivity index (χ1n) is 9.59. The summed E-state index contributed by atoms with van der Waals surface area (Å²) in [5, 5.41) is 1.86. The number of aromatic amines is 1. The highest BCUT2D eigenvalue weighted by atomic mass is 35.5. The van der Waals surface area contributed by atoms with Crippen LogP contribution in [-0.2, 0) is 22.6 Å². The Bertz CT molecular complexity index is 1120. The van der Waals surface area contributed by atoms with Crippen molar-refractivity contribution in [3.05, 3.63) is 58.7 Å². The molecule has 3 aromatic rings. The van der Waals surface area contributed by atoms with Crippen LogP contribution in [0.5, 0.6) is 5.75 Å². The average Bonchev–Trinajstić information content (AvgIpc) is 3.24.